The molecule has 0 atom stereocenters. The van der Waals surface area contributed by atoms with Crippen LogP contribution in [0.4, 0.5) is 13.2 Å². The van der Waals surface area contributed by atoms with Gasteiger partial charge in [-0.3, -0.25) is 4.40 Å². The summed E-state index contributed by atoms with van der Waals surface area (Å²) < 4.78 is 76.7. The summed E-state index contributed by atoms with van der Waals surface area (Å²) in [5.74, 6) is 0.0745. The van der Waals surface area contributed by atoms with Crippen LogP contribution in [-0.4, -0.2) is 72.3 Å². The van der Waals surface area contributed by atoms with E-state index in [4.69, 9.17) is 4.74 Å². The van der Waals surface area contributed by atoms with Gasteiger partial charge in [0.05, 0.1) is 22.7 Å². The Hall–Kier alpha value is -2.42. The zero-order chi connectivity index (χ0) is 29.6. The van der Waals surface area contributed by atoms with Gasteiger partial charge in [0.15, 0.2) is 10.8 Å². The minimum Gasteiger partial charge on any atom is -0.365 e. The fraction of sp³-hybridized carbons (Fsp3) is 0.600. The number of rotatable bonds is 10. The van der Waals surface area contributed by atoms with Gasteiger partial charge >= 0.3 is 6.18 Å². The molecule has 1 saturated carbocycles. The van der Waals surface area contributed by atoms with Crippen LogP contribution in [0.3, 0.4) is 0 Å². The molecule has 5 rings (SSSR count). The third-order valence-corrected chi connectivity index (χ3v) is 12.0. The van der Waals surface area contributed by atoms with Crippen molar-refractivity contribution in [2.75, 3.05) is 26.4 Å². The number of aromatic nitrogens is 4. The summed E-state index contributed by atoms with van der Waals surface area (Å²) in [6.45, 7) is 8.19. The zero-order valence-electron chi connectivity index (χ0n) is 23.0. The van der Waals surface area contributed by atoms with Gasteiger partial charge in [-0.1, -0.05) is 31.0 Å². The summed E-state index contributed by atoms with van der Waals surface area (Å²) >= 11 is 0.347. The van der Waals surface area contributed by atoms with Crippen molar-refractivity contribution in [3.8, 4) is 16.9 Å². The third-order valence-electron chi connectivity index (χ3n) is 7.49. The lowest BCUT2D eigenvalue weighted by molar-refractivity contribution is -0.138. The highest BCUT2D eigenvalue weighted by atomic mass is 32.2. The molecule has 2 fully saturated rings. The number of piperidine rings is 1. The molecule has 10 nitrogen and oxygen atoms in total. The number of alkyl halides is 3. The quantitative estimate of drug-likeness (QED) is 0.195. The molecule has 41 heavy (non-hydrogen) atoms. The van der Waals surface area contributed by atoms with Crippen LogP contribution >= 0.6 is 11.3 Å². The second kappa shape index (κ2) is 11.0. The number of hydrogen-bond acceptors (Lipinski definition) is 9. The molecule has 1 aliphatic carbocycles. The Morgan fingerprint density at radius 2 is 1.98 bits per heavy atom. The second-order valence-corrected chi connectivity index (χ2v) is 20.2. The number of sulfonamides is 1. The highest BCUT2D eigenvalue weighted by Gasteiger charge is 2.54. The first kappa shape index (κ1) is 30.0. The molecule has 0 spiro atoms. The summed E-state index contributed by atoms with van der Waals surface area (Å²) in [6.07, 6.45) is 0.519. The second-order valence-electron chi connectivity index (χ2n) is 11.7. The molecule has 0 aromatic carbocycles. The maximum absolute atomic E-state index is 14.2. The van der Waals surface area contributed by atoms with Gasteiger partial charge in [0.1, 0.15) is 12.3 Å². The number of nitrogens with one attached hydrogen (secondary N) is 1. The van der Waals surface area contributed by atoms with Gasteiger partial charge in [0, 0.05) is 20.9 Å². The fourth-order valence-electron chi connectivity index (χ4n) is 4.90. The van der Waals surface area contributed by atoms with Crippen molar-refractivity contribution in [3.05, 3.63) is 29.0 Å². The van der Waals surface area contributed by atoms with Crippen LogP contribution in [-0.2, 0) is 20.9 Å². The number of imidazole rings is 1. The zero-order valence-corrected chi connectivity index (χ0v) is 25.7. The topological polar surface area (TPSA) is 126 Å². The van der Waals surface area contributed by atoms with Crippen molar-refractivity contribution in [2.24, 2.45) is 0 Å². The molecule has 3 aromatic rings. The summed E-state index contributed by atoms with van der Waals surface area (Å²) in [5, 5.41) is 19.0. The fourth-order valence-corrected chi connectivity index (χ4v) is 8.02. The van der Waals surface area contributed by atoms with Gasteiger partial charge in [-0.05, 0) is 62.4 Å². The Bertz CT molecular complexity index is 1570. The van der Waals surface area contributed by atoms with Gasteiger partial charge in [-0.25, -0.2) is 13.4 Å². The lowest BCUT2D eigenvalue weighted by Crippen LogP contribution is -2.43. The molecule has 0 bridgehead atoms. The van der Waals surface area contributed by atoms with Crippen LogP contribution in [0.15, 0.2) is 23.4 Å². The number of fused-ring (bicyclic) bond motifs is 1. The average Bonchev–Trinajstić information content (AvgIpc) is 3.31. The molecule has 1 saturated heterocycles. The SMILES string of the molecule is C[Si](C)(C)CCOCN(C1(C#N)CC1)S(=O)(=O)c1cc(C2CCNCC2)c2cnc(-c3nnc(C(F)(F)F)s3)n2c1. The number of hydrogen-bond donors (Lipinski definition) is 1. The molecular formula is C25H32F3N7O3S2Si. The van der Waals surface area contributed by atoms with Gasteiger partial charge in [-0.2, -0.15) is 22.7 Å². The summed E-state index contributed by atoms with van der Waals surface area (Å²) in [5.41, 5.74) is 0.128. The first-order chi connectivity index (χ1) is 19.2. The number of pyridine rings is 1. The molecule has 0 unspecified atom stereocenters. The van der Waals surface area contributed by atoms with E-state index in [0.717, 1.165) is 41.8 Å². The Labute approximate surface area is 241 Å². The summed E-state index contributed by atoms with van der Waals surface area (Å²) in [4.78, 5) is 4.28. The minimum atomic E-state index is -4.66. The monoisotopic (exact) mass is 627 g/mol. The standard InChI is InChI=1S/C25H32F3N7O3S2Si/c1-41(2,3)11-10-38-16-35(24(15-29)6-7-24)40(36,37)18-12-19(17-4-8-30-9-5-17)20-13-31-21(34(20)14-18)22-32-33-23(39-22)25(26,27)28/h12-14,17,30H,4-11,16H2,1-3H3. The van der Waals surface area contributed by atoms with Crippen LogP contribution in [0.2, 0.25) is 25.7 Å². The molecular weight excluding hydrogens is 596 g/mol. The number of ether oxygens (including phenoxy) is 1. The Balaban J connectivity index is 1.60. The van der Waals surface area contributed by atoms with Gasteiger partial charge in [0.2, 0.25) is 15.0 Å². The van der Waals surface area contributed by atoms with Crippen molar-refractivity contribution in [3.63, 3.8) is 0 Å². The predicted molar refractivity (Wildman–Crippen MR) is 150 cm³/mol. The van der Waals surface area contributed by atoms with E-state index in [1.807, 2.05) is 0 Å². The Morgan fingerprint density at radius 3 is 2.56 bits per heavy atom. The van der Waals surface area contributed by atoms with E-state index in [1.54, 1.807) is 6.07 Å². The van der Waals surface area contributed by atoms with Crippen LogP contribution in [0, 0.1) is 11.3 Å². The van der Waals surface area contributed by atoms with Crippen molar-refractivity contribution < 1.29 is 26.3 Å². The Kier molecular flexibility index (Phi) is 8.07. The van der Waals surface area contributed by atoms with E-state index in [-0.39, 0.29) is 28.4 Å². The smallest absolute Gasteiger partial charge is 0.365 e. The normalized spacial score (nSPS) is 18.2. The molecule has 4 heterocycles. The number of halogens is 3. The highest BCUT2D eigenvalue weighted by molar-refractivity contribution is 7.89. The molecule has 222 valence electrons. The lowest BCUT2D eigenvalue weighted by atomic mass is 9.90. The van der Waals surface area contributed by atoms with E-state index in [2.05, 4.69) is 46.2 Å². The molecule has 3 aromatic heterocycles. The molecule has 1 aliphatic heterocycles. The van der Waals surface area contributed by atoms with Gasteiger partial charge < -0.3 is 10.1 Å². The largest absolute Gasteiger partial charge is 0.445 e. The van der Waals surface area contributed by atoms with Crippen LogP contribution in [0.5, 0.6) is 0 Å². The van der Waals surface area contributed by atoms with E-state index in [1.165, 1.54) is 16.8 Å². The lowest BCUT2D eigenvalue weighted by Gasteiger charge is -2.28. The van der Waals surface area contributed by atoms with Gasteiger partial charge in [0.25, 0.3) is 0 Å². The minimum absolute atomic E-state index is 0.00547. The van der Waals surface area contributed by atoms with Crippen molar-refractivity contribution in [1.82, 2.24) is 29.2 Å². The van der Waals surface area contributed by atoms with Crippen molar-refractivity contribution >= 4 is 35.0 Å². The van der Waals surface area contributed by atoms with Gasteiger partial charge in [-0.15, -0.1) is 10.2 Å². The molecule has 16 heteroatoms. The van der Waals surface area contributed by atoms with Crippen LogP contribution < -0.4 is 5.32 Å². The molecule has 2 aliphatic rings. The van der Waals surface area contributed by atoms with E-state index >= 15 is 0 Å². The van der Waals surface area contributed by atoms with E-state index in [9.17, 15) is 26.9 Å². The highest BCUT2D eigenvalue weighted by Crippen LogP contribution is 2.45. The third kappa shape index (κ3) is 6.20. The van der Waals surface area contributed by atoms with Crippen molar-refractivity contribution in [2.45, 2.75) is 73.9 Å². The first-order valence-corrected chi connectivity index (χ1v) is 19.4. The number of nitriles is 1. The van der Waals surface area contributed by atoms with E-state index in [0.29, 0.717) is 36.3 Å². The molecule has 0 amide bonds. The van der Waals surface area contributed by atoms with Crippen LogP contribution in [0.1, 0.15) is 42.2 Å². The Morgan fingerprint density at radius 1 is 1.27 bits per heavy atom. The number of nitrogens with zero attached hydrogens (tertiary/aromatic N) is 6. The first-order valence-electron chi connectivity index (χ1n) is 13.4. The maximum atomic E-state index is 14.2. The average molecular weight is 628 g/mol. The predicted octanol–water partition coefficient (Wildman–Crippen LogP) is 4.70. The molecule has 0 radical (unpaired) electrons. The van der Waals surface area contributed by atoms with Crippen LogP contribution in [0.25, 0.3) is 16.3 Å². The van der Waals surface area contributed by atoms with Crippen molar-refractivity contribution in [1.29, 1.82) is 5.26 Å². The maximum Gasteiger partial charge on any atom is 0.445 e. The van der Waals surface area contributed by atoms with E-state index < -0.39 is 34.8 Å². The molecule has 1 N–H and O–H groups in total. The summed E-state index contributed by atoms with van der Waals surface area (Å²) in [6, 6.07) is 4.64. The summed E-state index contributed by atoms with van der Waals surface area (Å²) in [7, 11) is -5.68.